The van der Waals surface area contributed by atoms with Crippen LogP contribution < -0.4 is 5.32 Å². The van der Waals surface area contributed by atoms with Gasteiger partial charge in [0.25, 0.3) is 0 Å². The Hall–Kier alpha value is -2.06. The number of thioether (sulfide) groups is 1. The van der Waals surface area contributed by atoms with Gasteiger partial charge < -0.3 is 10.1 Å². The van der Waals surface area contributed by atoms with Gasteiger partial charge in [0.2, 0.25) is 5.16 Å². The predicted molar refractivity (Wildman–Crippen MR) is 116 cm³/mol. The molecule has 1 amide bonds. The Morgan fingerprint density at radius 3 is 2.69 bits per heavy atom. The van der Waals surface area contributed by atoms with E-state index in [0.29, 0.717) is 11.6 Å². The second kappa shape index (κ2) is 9.63. The molecule has 29 heavy (non-hydrogen) atoms. The van der Waals surface area contributed by atoms with Gasteiger partial charge in [-0.15, -0.1) is 10.2 Å². The number of carbonyl (C=O) groups is 1. The van der Waals surface area contributed by atoms with Crippen molar-refractivity contribution in [2.24, 2.45) is 5.10 Å². The summed E-state index contributed by atoms with van der Waals surface area (Å²) in [6.07, 6.45) is 3.22. The Morgan fingerprint density at radius 2 is 1.97 bits per heavy atom. The Morgan fingerprint density at radius 1 is 1.21 bits per heavy atom. The summed E-state index contributed by atoms with van der Waals surface area (Å²) in [5.41, 5.74) is 1.57. The number of aromatic nitrogens is 3. The van der Waals surface area contributed by atoms with Crippen molar-refractivity contribution in [3.05, 3.63) is 40.7 Å². The maximum absolute atomic E-state index is 11.6. The summed E-state index contributed by atoms with van der Waals surface area (Å²) in [5, 5.41) is 17.6. The fourth-order valence-corrected chi connectivity index (χ4v) is 3.78. The van der Waals surface area contributed by atoms with Crippen LogP contribution in [0.2, 0.25) is 5.02 Å². The van der Waals surface area contributed by atoms with Crippen LogP contribution in [-0.2, 0) is 11.2 Å². The first kappa shape index (κ1) is 21.6. The van der Waals surface area contributed by atoms with Gasteiger partial charge in [-0.2, -0.15) is 9.78 Å². The Kier molecular flexibility index (Phi) is 7.18. The monoisotopic (exact) mass is 435 g/mol. The number of hydrogen-bond donors (Lipinski definition) is 1. The molecule has 156 valence electrons. The van der Waals surface area contributed by atoms with E-state index in [4.69, 9.17) is 21.4 Å². The molecule has 0 bridgehead atoms. The molecule has 0 unspecified atom stereocenters. The summed E-state index contributed by atoms with van der Waals surface area (Å²) in [4.78, 5) is 11.6. The van der Waals surface area contributed by atoms with E-state index in [0.717, 1.165) is 53.7 Å². The zero-order valence-corrected chi connectivity index (χ0v) is 18.5. The van der Waals surface area contributed by atoms with Crippen LogP contribution >= 0.6 is 23.4 Å². The molecule has 0 atom stereocenters. The minimum Gasteiger partial charge on any atom is -0.444 e. The van der Waals surface area contributed by atoms with E-state index in [2.05, 4.69) is 15.5 Å². The molecule has 3 rings (SSSR count). The van der Waals surface area contributed by atoms with Crippen LogP contribution in [0.25, 0.3) is 0 Å². The summed E-state index contributed by atoms with van der Waals surface area (Å²) in [5.74, 6) is 1.62. The zero-order valence-electron chi connectivity index (χ0n) is 16.9. The molecule has 0 fully saturated rings. The first-order valence-corrected chi connectivity index (χ1v) is 11.1. The van der Waals surface area contributed by atoms with Gasteiger partial charge >= 0.3 is 6.09 Å². The highest BCUT2D eigenvalue weighted by molar-refractivity contribution is 7.99. The molecule has 1 aromatic heterocycles. The van der Waals surface area contributed by atoms with Gasteiger partial charge in [0.15, 0.2) is 5.82 Å². The van der Waals surface area contributed by atoms with E-state index in [9.17, 15) is 4.79 Å². The summed E-state index contributed by atoms with van der Waals surface area (Å²) in [6.45, 7) is 6.16. The smallest absolute Gasteiger partial charge is 0.407 e. The number of nitrogens with one attached hydrogen (secondary N) is 1. The largest absolute Gasteiger partial charge is 0.444 e. The lowest BCUT2D eigenvalue weighted by Gasteiger charge is -2.19. The Bertz CT molecular complexity index is 874. The van der Waals surface area contributed by atoms with Crippen molar-refractivity contribution in [2.75, 3.05) is 12.3 Å². The number of ether oxygens (including phenoxy) is 1. The van der Waals surface area contributed by atoms with Gasteiger partial charge in [-0.1, -0.05) is 41.9 Å². The average Bonchev–Trinajstić information content (AvgIpc) is 3.06. The first-order valence-electron chi connectivity index (χ1n) is 9.69. The predicted octanol–water partition coefficient (Wildman–Crippen LogP) is 4.53. The lowest BCUT2D eigenvalue weighted by Crippen LogP contribution is -2.32. The maximum atomic E-state index is 11.6. The van der Waals surface area contributed by atoms with Crippen LogP contribution in [0.1, 0.15) is 51.4 Å². The van der Waals surface area contributed by atoms with E-state index in [1.54, 1.807) is 11.8 Å². The maximum Gasteiger partial charge on any atom is 0.407 e. The minimum absolute atomic E-state index is 0.370. The van der Waals surface area contributed by atoms with E-state index in [1.807, 2.05) is 49.7 Å². The summed E-state index contributed by atoms with van der Waals surface area (Å²) >= 11 is 7.61. The van der Waals surface area contributed by atoms with Crippen molar-refractivity contribution in [3.8, 4) is 0 Å². The highest BCUT2D eigenvalue weighted by Crippen LogP contribution is 2.25. The number of fused-ring (bicyclic) bond motifs is 1. The van der Waals surface area contributed by atoms with Gasteiger partial charge in [0, 0.05) is 23.7 Å². The third kappa shape index (κ3) is 6.47. The van der Waals surface area contributed by atoms with Gasteiger partial charge in [-0.05, 0) is 51.3 Å². The van der Waals surface area contributed by atoms with E-state index in [-0.39, 0.29) is 6.09 Å². The number of rotatable bonds is 7. The molecule has 0 spiro atoms. The second-order valence-electron chi connectivity index (χ2n) is 7.79. The number of hydrogen-bond acceptors (Lipinski definition) is 6. The van der Waals surface area contributed by atoms with Gasteiger partial charge in [0.05, 0.1) is 5.71 Å². The minimum atomic E-state index is -0.472. The summed E-state index contributed by atoms with van der Waals surface area (Å²) in [7, 11) is 0. The second-order valence-corrected chi connectivity index (χ2v) is 9.17. The number of aryl methyl sites for hydroxylation is 1. The molecule has 0 saturated carbocycles. The van der Waals surface area contributed by atoms with Crippen LogP contribution in [0.15, 0.2) is 34.5 Å². The molecule has 2 aromatic rings. The molecule has 0 aliphatic carbocycles. The molecular formula is C20H26ClN5O2S. The molecule has 1 aliphatic rings. The number of alkyl carbamates (subject to hydrolysis) is 1. The van der Waals surface area contributed by atoms with Gasteiger partial charge in [-0.3, -0.25) is 0 Å². The Labute approximate surface area is 180 Å². The Balaban J connectivity index is 1.47. The van der Waals surface area contributed by atoms with E-state index < -0.39 is 5.60 Å². The van der Waals surface area contributed by atoms with Crippen LogP contribution in [0.3, 0.4) is 0 Å². The lowest BCUT2D eigenvalue weighted by atomic mass is 10.1. The zero-order chi connectivity index (χ0) is 20.9. The molecule has 1 aliphatic heterocycles. The van der Waals surface area contributed by atoms with Crippen molar-refractivity contribution in [1.82, 2.24) is 20.2 Å². The fourth-order valence-electron chi connectivity index (χ4n) is 2.80. The highest BCUT2D eigenvalue weighted by atomic mass is 35.5. The van der Waals surface area contributed by atoms with Crippen LogP contribution in [-0.4, -0.2) is 44.6 Å². The van der Waals surface area contributed by atoms with Crippen molar-refractivity contribution in [2.45, 2.75) is 57.2 Å². The van der Waals surface area contributed by atoms with E-state index in [1.165, 1.54) is 0 Å². The topological polar surface area (TPSA) is 81.4 Å². The van der Waals surface area contributed by atoms with E-state index >= 15 is 0 Å². The van der Waals surface area contributed by atoms with Crippen LogP contribution in [0.4, 0.5) is 4.79 Å². The van der Waals surface area contributed by atoms with Crippen molar-refractivity contribution >= 4 is 35.2 Å². The van der Waals surface area contributed by atoms with Gasteiger partial charge in [0.1, 0.15) is 5.60 Å². The number of carbonyl (C=O) groups excluding carboxylic acids is 1. The number of halogens is 1. The standard InChI is InChI=1S/C20H26ClN5O2S/c1-20(2,3)28-19(27)22-12-6-4-5-7-17-23-24-18-26(17)25-16(13-29-18)14-8-10-15(21)11-9-14/h8-11H,4-7,12-13H2,1-3H3,(H,22,27). The number of nitrogens with zero attached hydrogens (tertiary/aromatic N) is 4. The first-order chi connectivity index (χ1) is 13.8. The molecule has 7 nitrogen and oxygen atoms in total. The fraction of sp³-hybridized carbons (Fsp3) is 0.500. The summed E-state index contributed by atoms with van der Waals surface area (Å²) < 4.78 is 7.07. The third-order valence-electron chi connectivity index (χ3n) is 4.16. The number of benzene rings is 1. The molecule has 0 saturated heterocycles. The van der Waals surface area contributed by atoms with Crippen molar-refractivity contribution in [3.63, 3.8) is 0 Å². The highest BCUT2D eigenvalue weighted by Gasteiger charge is 2.19. The molecule has 1 aromatic carbocycles. The molecular weight excluding hydrogens is 410 g/mol. The molecule has 1 N–H and O–H groups in total. The van der Waals surface area contributed by atoms with Crippen LogP contribution in [0.5, 0.6) is 0 Å². The molecule has 2 heterocycles. The average molecular weight is 436 g/mol. The van der Waals surface area contributed by atoms with Crippen molar-refractivity contribution < 1.29 is 9.53 Å². The quantitative estimate of drug-likeness (QED) is 0.646. The van der Waals surface area contributed by atoms with Crippen molar-refractivity contribution in [1.29, 1.82) is 0 Å². The van der Waals surface area contributed by atoms with Gasteiger partial charge in [-0.25, -0.2) is 4.79 Å². The lowest BCUT2D eigenvalue weighted by molar-refractivity contribution is 0.0527. The normalized spacial score (nSPS) is 13.6. The number of amides is 1. The summed E-state index contributed by atoms with van der Waals surface area (Å²) in [6, 6.07) is 7.71. The molecule has 9 heteroatoms. The number of unbranched alkanes of at least 4 members (excludes halogenated alkanes) is 2. The molecule has 0 radical (unpaired) electrons. The van der Waals surface area contributed by atoms with Crippen LogP contribution in [0, 0.1) is 0 Å². The third-order valence-corrected chi connectivity index (χ3v) is 5.34. The SMILES string of the molecule is CC(C)(C)OC(=O)NCCCCCc1nnc2n1N=C(c1ccc(Cl)cc1)CS2.